The quantitative estimate of drug-likeness (QED) is 0.348. The zero-order valence-electron chi connectivity index (χ0n) is 25.1. The van der Waals surface area contributed by atoms with E-state index in [9.17, 15) is 4.89 Å². The highest BCUT2D eigenvalue weighted by atomic mass is 31.2. The van der Waals surface area contributed by atoms with E-state index < -0.39 is 8.38 Å². The summed E-state index contributed by atoms with van der Waals surface area (Å²) in [4.78, 5) is 11.6. The number of hydrogen-bond donors (Lipinski definition) is 1. The molecule has 200 valence electrons. The van der Waals surface area contributed by atoms with Crippen molar-refractivity contribution in [1.82, 2.24) is 0 Å². The van der Waals surface area contributed by atoms with Crippen molar-refractivity contribution in [3.8, 4) is 16.9 Å². The summed E-state index contributed by atoms with van der Waals surface area (Å²) in [7, 11) is -1.88. The van der Waals surface area contributed by atoms with E-state index in [1.165, 1.54) is 16.7 Å². The van der Waals surface area contributed by atoms with Crippen molar-refractivity contribution in [2.24, 2.45) is 0 Å². The topological polar surface area (TPSA) is 29.5 Å². The van der Waals surface area contributed by atoms with E-state index in [-0.39, 0.29) is 21.7 Å². The first-order valence-corrected chi connectivity index (χ1v) is 14.6. The van der Waals surface area contributed by atoms with E-state index in [0.717, 1.165) is 27.7 Å². The summed E-state index contributed by atoms with van der Waals surface area (Å²) in [6.07, 6.45) is 0. The van der Waals surface area contributed by atoms with Crippen molar-refractivity contribution >= 4 is 13.7 Å². The Labute approximate surface area is 227 Å². The molecule has 0 saturated heterocycles. The van der Waals surface area contributed by atoms with Gasteiger partial charge in [-0.3, -0.25) is 0 Å². The Balaban J connectivity index is 2.11. The second kappa shape index (κ2) is 10.2. The van der Waals surface area contributed by atoms with Crippen LogP contribution >= 0.6 is 8.38 Å². The SMILES string of the molecule is CC(C)(C)c1ccc(OP(O)c2ccccc2-c2ccc(C(C)(C)C)cc2C(C)(C)C)c(C(C)(C)C)c1. The van der Waals surface area contributed by atoms with E-state index in [4.69, 9.17) is 4.52 Å². The van der Waals surface area contributed by atoms with Crippen molar-refractivity contribution in [1.29, 1.82) is 0 Å². The second-order valence-electron chi connectivity index (χ2n) is 14.4. The maximum atomic E-state index is 11.6. The fraction of sp³-hybridized carbons (Fsp3) is 0.471. The van der Waals surface area contributed by atoms with Gasteiger partial charge in [-0.05, 0) is 61.6 Å². The van der Waals surface area contributed by atoms with Crippen LogP contribution in [0.4, 0.5) is 0 Å². The Hall–Kier alpha value is -2.15. The van der Waals surface area contributed by atoms with Crippen LogP contribution in [0.15, 0.2) is 60.7 Å². The molecule has 0 aliphatic carbocycles. The van der Waals surface area contributed by atoms with Gasteiger partial charge in [-0.15, -0.1) is 0 Å². The van der Waals surface area contributed by atoms with Crippen LogP contribution in [-0.2, 0) is 21.7 Å². The van der Waals surface area contributed by atoms with Crippen molar-refractivity contribution in [3.63, 3.8) is 0 Å². The smallest absolute Gasteiger partial charge is 0.262 e. The number of hydrogen-bond acceptors (Lipinski definition) is 2. The predicted octanol–water partition coefficient (Wildman–Crippen LogP) is 9.55. The Morgan fingerprint density at radius 3 is 1.54 bits per heavy atom. The minimum Gasteiger partial charge on any atom is -0.444 e. The third-order valence-electron chi connectivity index (χ3n) is 6.93. The van der Waals surface area contributed by atoms with Crippen molar-refractivity contribution in [3.05, 3.63) is 82.9 Å². The highest BCUT2D eigenvalue weighted by molar-refractivity contribution is 7.55. The van der Waals surface area contributed by atoms with Crippen LogP contribution in [0.2, 0.25) is 0 Å². The molecule has 0 saturated carbocycles. The van der Waals surface area contributed by atoms with Gasteiger partial charge in [0.25, 0.3) is 8.38 Å². The average molecular weight is 519 g/mol. The average Bonchev–Trinajstić information content (AvgIpc) is 2.76. The number of benzene rings is 3. The second-order valence-corrected chi connectivity index (χ2v) is 15.6. The third kappa shape index (κ3) is 6.84. The summed E-state index contributed by atoms with van der Waals surface area (Å²) in [6, 6.07) is 21.3. The Bertz CT molecular complexity index is 1240. The first-order valence-electron chi connectivity index (χ1n) is 13.4. The molecule has 3 aromatic carbocycles. The summed E-state index contributed by atoms with van der Waals surface area (Å²) in [6.45, 7) is 26.8. The van der Waals surface area contributed by atoms with Gasteiger partial charge in [0.05, 0.1) is 0 Å². The Kier molecular flexibility index (Phi) is 8.10. The van der Waals surface area contributed by atoms with E-state index in [0.29, 0.717) is 0 Å². The fourth-order valence-corrected chi connectivity index (χ4v) is 5.60. The third-order valence-corrected chi connectivity index (χ3v) is 8.10. The summed E-state index contributed by atoms with van der Waals surface area (Å²) >= 11 is 0. The van der Waals surface area contributed by atoms with Gasteiger partial charge in [-0.2, -0.15) is 0 Å². The minimum atomic E-state index is -1.88. The Morgan fingerprint density at radius 1 is 0.541 bits per heavy atom. The molecule has 1 atom stereocenters. The molecule has 0 bridgehead atoms. The molecular formula is C34H47O2P. The highest BCUT2D eigenvalue weighted by Crippen LogP contribution is 2.44. The van der Waals surface area contributed by atoms with Gasteiger partial charge in [0.2, 0.25) is 0 Å². The predicted molar refractivity (Wildman–Crippen MR) is 163 cm³/mol. The lowest BCUT2D eigenvalue weighted by atomic mass is 9.77. The molecule has 0 amide bonds. The molecule has 1 unspecified atom stereocenters. The molecule has 0 spiro atoms. The maximum absolute atomic E-state index is 11.6. The molecule has 0 heterocycles. The van der Waals surface area contributed by atoms with Gasteiger partial charge in [-0.1, -0.05) is 132 Å². The minimum absolute atomic E-state index is 0.0393. The lowest BCUT2D eigenvalue weighted by Gasteiger charge is -2.29. The molecular weight excluding hydrogens is 471 g/mol. The molecule has 3 heteroatoms. The normalized spacial score (nSPS) is 14.0. The lowest BCUT2D eigenvalue weighted by molar-refractivity contribution is 0.477. The molecule has 0 radical (unpaired) electrons. The molecule has 3 rings (SSSR count). The van der Waals surface area contributed by atoms with Gasteiger partial charge in [-0.25, -0.2) is 0 Å². The monoisotopic (exact) mass is 518 g/mol. The van der Waals surface area contributed by atoms with Crippen LogP contribution in [0, 0.1) is 0 Å². The van der Waals surface area contributed by atoms with Crippen LogP contribution in [-0.4, -0.2) is 4.89 Å². The molecule has 2 nitrogen and oxygen atoms in total. The van der Waals surface area contributed by atoms with Crippen LogP contribution in [0.5, 0.6) is 5.75 Å². The standard InChI is InChI=1S/C34H47O2P/c1-31(2,3)23-17-19-25(27(21-23)33(7,8)9)26-15-13-14-16-30(26)37(35)36-29-20-18-24(32(4,5)6)22-28(29)34(10,11)12/h13-22,35H,1-12H3. The van der Waals surface area contributed by atoms with Gasteiger partial charge in [0.1, 0.15) is 5.75 Å². The van der Waals surface area contributed by atoms with Crippen LogP contribution in [0.3, 0.4) is 0 Å². The lowest BCUT2D eigenvalue weighted by Crippen LogP contribution is -2.19. The molecule has 0 aromatic heterocycles. The van der Waals surface area contributed by atoms with E-state index >= 15 is 0 Å². The number of rotatable bonds is 4. The highest BCUT2D eigenvalue weighted by Gasteiger charge is 2.28. The van der Waals surface area contributed by atoms with Gasteiger partial charge >= 0.3 is 0 Å². The fourth-order valence-electron chi connectivity index (χ4n) is 4.54. The van der Waals surface area contributed by atoms with Gasteiger partial charge in [0, 0.05) is 10.9 Å². The maximum Gasteiger partial charge on any atom is 0.262 e. The van der Waals surface area contributed by atoms with E-state index in [1.807, 2.05) is 24.3 Å². The largest absolute Gasteiger partial charge is 0.444 e. The molecule has 37 heavy (non-hydrogen) atoms. The van der Waals surface area contributed by atoms with Crippen LogP contribution < -0.4 is 9.83 Å². The Morgan fingerprint density at radius 2 is 1.03 bits per heavy atom. The van der Waals surface area contributed by atoms with E-state index in [2.05, 4.69) is 119 Å². The van der Waals surface area contributed by atoms with Gasteiger partial charge in [0.15, 0.2) is 0 Å². The molecule has 1 N–H and O–H groups in total. The molecule has 0 fully saturated rings. The summed E-state index contributed by atoms with van der Waals surface area (Å²) < 4.78 is 6.41. The zero-order chi connectivity index (χ0) is 28.0. The van der Waals surface area contributed by atoms with Crippen LogP contribution in [0.25, 0.3) is 11.1 Å². The molecule has 0 aliphatic rings. The molecule has 3 aromatic rings. The van der Waals surface area contributed by atoms with E-state index in [1.54, 1.807) is 0 Å². The van der Waals surface area contributed by atoms with Crippen LogP contribution in [0.1, 0.15) is 105 Å². The molecule has 0 aliphatic heterocycles. The first kappa shape index (κ1) is 29.4. The summed E-state index contributed by atoms with van der Waals surface area (Å²) in [5.41, 5.74) is 7.09. The summed E-state index contributed by atoms with van der Waals surface area (Å²) in [5, 5.41) is 0.839. The first-order chi connectivity index (χ1) is 16.8. The summed E-state index contributed by atoms with van der Waals surface area (Å²) in [5.74, 6) is 0.753. The van der Waals surface area contributed by atoms with Crippen molar-refractivity contribution in [2.45, 2.75) is 105 Å². The van der Waals surface area contributed by atoms with Gasteiger partial charge < -0.3 is 9.42 Å². The van der Waals surface area contributed by atoms with Crippen molar-refractivity contribution in [2.75, 3.05) is 0 Å². The zero-order valence-corrected chi connectivity index (χ0v) is 26.0. The van der Waals surface area contributed by atoms with Crippen molar-refractivity contribution < 1.29 is 9.42 Å².